The summed E-state index contributed by atoms with van der Waals surface area (Å²) < 4.78 is 28.2. The standard InChI is InChI=1S/C26H34ClN3O5S2/c1-26(2,3)30-37(34,35)18-9-10-19(20(27)14-18)22-21(11-15-7-5-4-6-8-15)29-24(36-22)23(31)28-17-12-16(13-17)25(32)33/h9-10,14-17,30H,4-8,11-13H2,1-3H3,(H,28,31)(H,32,33). The molecule has 0 aliphatic heterocycles. The van der Waals surface area contributed by atoms with Crippen LogP contribution in [0, 0.1) is 11.8 Å². The van der Waals surface area contributed by atoms with Crippen LogP contribution in [0.4, 0.5) is 0 Å². The zero-order chi connectivity index (χ0) is 27.0. The summed E-state index contributed by atoms with van der Waals surface area (Å²) >= 11 is 7.88. The number of carbonyl (C=O) groups is 2. The van der Waals surface area contributed by atoms with Crippen molar-refractivity contribution >= 4 is 44.8 Å². The van der Waals surface area contributed by atoms with Gasteiger partial charge in [0.1, 0.15) is 0 Å². The minimum absolute atomic E-state index is 0.0745. The van der Waals surface area contributed by atoms with Gasteiger partial charge in [-0.05, 0) is 58.1 Å². The Morgan fingerprint density at radius 1 is 1.16 bits per heavy atom. The number of halogens is 1. The lowest BCUT2D eigenvalue weighted by Crippen LogP contribution is -2.46. The average molecular weight is 568 g/mol. The number of aliphatic carboxylic acids is 1. The number of nitrogens with one attached hydrogen (secondary N) is 2. The van der Waals surface area contributed by atoms with Crippen LogP contribution in [0.3, 0.4) is 0 Å². The lowest BCUT2D eigenvalue weighted by molar-refractivity contribution is -0.145. The lowest BCUT2D eigenvalue weighted by Gasteiger charge is -2.32. The summed E-state index contributed by atoms with van der Waals surface area (Å²) in [5.74, 6) is -1.10. The predicted molar refractivity (Wildman–Crippen MR) is 145 cm³/mol. The molecule has 0 unspecified atom stereocenters. The molecule has 1 aromatic carbocycles. The van der Waals surface area contributed by atoms with Crippen molar-refractivity contribution in [3.05, 3.63) is 33.9 Å². The van der Waals surface area contributed by atoms with Crippen molar-refractivity contribution in [3.8, 4) is 10.4 Å². The summed E-state index contributed by atoms with van der Waals surface area (Å²) in [6.45, 7) is 5.31. The third-order valence-corrected chi connectivity index (χ3v) is 10.1. The van der Waals surface area contributed by atoms with E-state index in [4.69, 9.17) is 21.7 Å². The molecule has 2 saturated carbocycles. The maximum atomic E-state index is 13.0. The zero-order valence-corrected chi connectivity index (χ0v) is 23.7. The van der Waals surface area contributed by atoms with E-state index in [1.807, 2.05) is 0 Å². The Morgan fingerprint density at radius 2 is 1.84 bits per heavy atom. The Balaban J connectivity index is 1.61. The fraction of sp³-hybridized carbons (Fsp3) is 0.577. The third-order valence-electron chi connectivity index (χ3n) is 6.86. The number of hydrogen-bond acceptors (Lipinski definition) is 6. The Bertz CT molecular complexity index is 1270. The maximum Gasteiger partial charge on any atom is 0.306 e. The van der Waals surface area contributed by atoms with Crippen LogP contribution in [0.5, 0.6) is 0 Å². The van der Waals surface area contributed by atoms with E-state index in [9.17, 15) is 18.0 Å². The van der Waals surface area contributed by atoms with Gasteiger partial charge in [-0.15, -0.1) is 11.3 Å². The second kappa shape index (κ2) is 11.0. The highest BCUT2D eigenvalue weighted by atomic mass is 35.5. The van der Waals surface area contributed by atoms with Crippen LogP contribution in [0.2, 0.25) is 5.02 Å². The quantitative estimate of drug-likeness (QED) is 0.400. The molecule has 2 aliphatic carbocycles. The molecule has 1 amide bonds. The number of aromatic nitrogens is 1. The number of sulfonamides is 1. The summed E-state index contributed by atoms with van der Waals surface area (Å²) in [6.07, 6.45) is 7.37. The molecular weight excluding hydrogens is 534 g/mol. The first-order valence-corrected chi connectivity index (χ1v) is 15.4. The van der Waals surface area contributed by atoms with E-state index in [0.29, 0.717) is 29.3 Å². The van der Waals surface area contributed by atoms with Gasteiger partial charge < -0.3 is 10.4 Å². The molecule has 4 rings (SSSR count). The highest BCUT2D eigenvalue weighted by Gasteiger charge is 2.36. The van der Waals surface area contributed by atoms with Gasteiger partial charge in [0, 0.05) is 17.1 Å². The second-order valence-corrected chi connectivity index (χ2v) is 14.3. The Morgan fingerprint density at radius 3 is 2.43 bits per heavy atom. The first-order valence-electron chi connectivity index (χ1n) is 12.7. The number of nitrogens with zero attached hydrogens (tertiary/aromatic N) is 1. The molecule has 8 nitrogen and oxygen atoms in total. The van der Waals surface area contributed by atoms with E-state index in [1.54, 1.807) is 26.8 Å². The highest BCUT2D eigenvalue weighted by Crippen LogP contribution is 2.39. The fourth-order valence-corrected chi connectivity index (χ4v) is 7.83. The number of carboxylic acids is 1. The number of carbonyl (C=O) groups excluding carboxylic acids is 1. The van der Waals surface area contributed by atoms with Crippen molar-refractivity contribution in [3.63, 3.8) is 0 Å². The van der Waals surface area contributed by atoms with Crippen LogP contribution in [0.1, 0.15) is 81.2 Å². The second-order valence-electron chi connectivity index (χ2n) is 11.2. The van der Waals surface area contributed by atoms with Gasteiger partial charge in [0.25, 0.3) is 5.91 Å². The summed E-state index contributed by atoms with van der Waals surface area (Å²) in [5, 5.41) is 12.6. The monoisotopic (exact) mass is 567 g/mol. The Hall–Kier alpha value is -2.01. The number of amides is 1. The van der Waals surface area contributed by atoms with Gasteiger partial charge in [-0.3, -0.25) is 9.59 Å². The zero-order valence-electron chi connectivity index (χ0n) is 21.3. The van der Waals surface area contributed by atoms with E-state index in [1.165, 1.54) is 42.7 Å². The van der Waals surface area contributed by atoms with Crippen LogP contribution in [0.25, 0.3) is 10.4 Å². The van der Waals surface area contributed by atoms with Crippen molar-refractivity contribution in [1.82, 2.24) is 15.0 Å². The largest absolute Gasteiger partial charge is 0.481 e. The molecule has 0 radical (unpaired) electrons. The van der Waals surface area contributed by atoms with Gasteiger partial charge in [0.05, 0.1) is 26.4 Å². The van der Waals surface area contributed by atoms with E-state index < -0.39 is 27.4 Å². The number of benzene rings is 1. The molecule has 1 aromatic heterocycles. The topological polar surface area (TPSA) is 125 Å². The van der Waals surface area contributed by atoms with Gasteiger partial charge in [-0.25, -0.2) is 18.1 Å². The van der Waals surface area contributed by atoms with Gasteiger partial charge in [-0.2, -0.15) is 0 Å². The number of carboxylic acid groups (broad SMARTS) is 1. The Kier molecular flexibility index (Phi) is 8.33. The first-order chi connectivity index (χ1) is 17.3. The molecular formula is C26H34ClN3O5S2. The number of thiazole rings is 1. The summed E-state index contributed by atoms with van der Waals surface area (Å²) in [7, 11) is -3.75. The van der Waals surface area contributed by atoms with Crippen LogP contribution in [0.15, 0.2) is 23.1 Å². The fourth-order valence-electron chi connectivity index (χ4n) is 4.96. The van der Waals surface area contributed by atoms with E-state index >= 15 is 0 Å². The third kappa shape index (κ3) is 6.90. The van der Waals surface area contributed by atoms with Gasteiger partial charge in [0.2, 0.25) is 10.0 Å². The van der Waals surface area contributed by atoms with Crippen molar-refractivity contribution in [2.24, 2.45) is 11.8 Å². The number of rotatable bonds is 8. The van der Waals surface area contributed by atoms with E-state index in [-0.39, 0.29) is 21.9 Å². The van der Waals surface area contributed by atoms with E-state index in [0.717, 1.165) is 29.8 Å². The van der Waals surface area contributed by atoms with Crippen molar-refractivity contribution < 1.29 is 23.1 Å². The summed E-state index contributed by atoms with van der Waals surface area (Å²) in [5.41, 5.74) is 0.805. The molecule has 0 spiro atoms. The van der Waals surface area contributed by atoms with Crippen molar-refractivity contribution in [2.75, 3.05) is 0 Å². The molecule has 2 aliphatic rings. The maximum absolute atomic E-state index is 13.0. The minimum atomic E-state index is -3.75. The molecule has 3 N–H and O–H groups in total. The summed E-state index contributed by atoms with van der Waals surface area (Å²) in [4.78, 5) is 29.6. The normalized spacial score (nSPS) is 20.9. The smallest absolute Gasteiger partial charge is 0.306 e. The molecule has 1 heterocycles. The van der Waals surface area contributed by atoms with Gasteiger partial charge in [-0.1, -0.05) is 49.8 Å². The van der Waals surface area contributed by atoms with Crippen LogP contribution in [-0.4, -0.2) is 42.0 Å². The molecule has 2 fully saturated rings. The van der Waals surface area contributed by atoms with Crippen molar-refractivity contribution in [2.45, 2.75) is 88.6 Å². The van der Waals surface area contributed by atoms with Crippen LogP contribution in [-0.2, 0) is 21.2 Å². The lowest BCUT2D eigenvalue weighted by atomic mass is 9.80. The SMILES string of the molecule is CC(C)(C)NS(=O)(=O)c1ccc(-c2sc(C(=O)NC3CC(C(=O)O)C3)nc2CC2CCCCC2)c(Cl)c1. The first kappa shape index (κ1) is 28.0. The average Bonchev–Trinajstić information content (AvgIpc) is 3.18. The minimum Gasteiger partial charge on any atom is -0.481 e. The van der Waals surface area contributed by atoms with Crippen LogP contribution >= 0.6 is 22.9 Å². The predicted octanol–water partition coefficient (Wildman–Crippen LogP) is 5.26. The highest BCUT2D eigenvalue weighted by molar-refractivity contribution is 7.89. The molecule has 37 heavy (non-hydrogen) atoms. The molecule has 2 aromatic rings. The number of hydrogen-bond donors (Lipinski definition) is 3. The van der Waals surface area contributed by atoms with Gasteiger partial charge >= 0.3 is 5.97 Å². The molecule has 0 atom stereocenters. The summed E-state index contributed by atoms with van der Waals surface area (Å²) in [6, 6.07) is 4.48. The molecule has 11 heteroatoms. The molecule has 202 valence electrons. The van der Waals surface area contributed by atoms with Crippen LogP contribution < -0.4 is 10.0 Å². The van der Waals surface area contributed by atoms with E-state index in [2.05, 4.69) is 10.0 Å². The molecule has 0 saturated heterocycles. The van der Waals surface area contributed by atoms with Gasteiger partial charge in [0.15, 0.2) is 5.01 Å². The van der Waals surface area contributed by atoms with Crippen molar-refractivity contribution in [1.29, 1.82) is 0 Å². The Labute approximate surface area is 227 Å². The molecule has 0 bridgehead atoms.